The molecule has 1 amide bonds. The highest BCUT2D eigenvalue weighted by Crippen LogP contribution is 2.21. The van der Waals surface area contributed by atoms with Crippen molar-refractivity contribution in [1.29, 1.82) is 0 Å². The zero-order valence-electron chi connectivity index (χ0n) is 9.34. The van der Waals surface area contributed by atoms with Gasteiger partial charge >= 0.3 is 0 Å². The largest absolute Gasteiger partial charge is 0.374 e. The molecule has 2 rings (SSSR count). The molecule has 1 unspecified atom stereocenters. The second-order valence-electron chi connectivity index (χ2n) is 4.11. The molecular weight excluding hydrogens is 204 g/mol. The van der Waals surface area contributed by atoms with Crippen molar-refractivity contribution in [2.24, 2.45) is 5.10 Å². The van der Waals surface area contributed by atoms with Gasteiger partial charge in [-0.3, -0.25) is 4.79 Å². The predicted octanol–water partition coefficient (Wildman–Crippen LogP) is 0.808. The standard InChI is InChI=1S/C12H14N2O2/c1-12(16)10(13-14(2)11(12)15)8-9-6-4-3-5-7-9/h3-7,16H,8H2,1-2H3. The third-order valence-electron chi connectivity index (χ3n) is 2.76. The van der Waals surface area contributed by atoms with E-state index >= 15 is 0 Å². The summed E-state index contributed by atoms with van der Waals surface area (Å²) in [6, 6.07) is 9.66. The lowest BCUT2D eigenvalue weighted by atomic mass is 9.94. The molecule has 0 saturated carbocycles. The van der Waals surface area contributed by atoms with Crippen LogP contribution in [0.5, 0.6) is 0 Å². The van der Waals surface area contributed by atoms with E-state index < -0.39 is 5.60 Å². The van der Waals surface area contributed by atoms with Crippen LogP contribution in [0.15, 0.2) is 35.4 Å². The summed E-state index contributed by atoms with van der Waals surface area (Å²) in [6.45, 7) is 1.49. The Morgan fingerprint density at radius 2 is 2.00 bits per heavy atom. The summed E-state index contributed by atoms with van der Waals surface area (Å²) >= 11 is 0. The highest BCUT2D eigenvalue weighted by molar-refractivity contribution is 6.15. The molecule has 4 nitrogen and oxygen atoms in total. The van der Waals surface area contributed by atoms with Gasteiger partial charge in [-0.25, -0.2) is 5.01 Å². The smallest absolute Gasteiger partial charge is 0.280 e. The lowest BCUT2D eigenvalue weighted by molar-refractivity contribution is -0.139. The van der Waals surface area contributed by atoms with Gasteiger partial charge < -0.3 is 5.11 Å². The number of amides is 1. The first-order valence-electron chi connectivity index (χ1n) is 5.14. The Hall–Kier alpha value is -1.68. The molecule has 1 aliphatic rings. The fourth-order valence-electron chi connectivity index (χ4n) is 1.76. The van der Waals surface area contributed by atoms with Gasteiger partial charge in [-0.15, -0.1) is 0 Å². The van der Waals surface area contributed by atoms with Gasteiger partial charge in [0.25, 0.3) is 5.91 Å². The number of rotatable bonds is 2. The monoisotopic (exact) mass is 218 g/mol. The van der Waals surface area contributed by atoms with Crippen molar-refractivity contribution < 1.29 is 9.90 Å². The van der Waals surface area contributed by atoms with E-state index in [-0.39, 0.29) is 5.91 Å². The summed E-state index contributed by atoms with van der Waals surface area (Å²) in [6.07, 6.45) is 0.490. The van der Waals surface area contributed by atoms with E-state index in [1.165, 1.54) is 11.9 Å². The van der Waals surface area contributed by atoms with Crippen molar-refractivity contribution in [3.63, 3.8) is 0 Å². The summed E-state index contributed by atoms with van der Waals surface area (Å²) in [5.41, 5.74) is 0.0562. The Balaban J connectivity index is 2.24. The van der Waals surface area contributed by atoms with Crippen molar-refractivity contribution in [2.45, 2.75) is 18.9 Å². The van der Waals surface area contributed by atoms with Crippen molar-refractivity contribution in [3.05, 3.63) is 35.9 Å². The van der Waals surface area contributed by atoms with Crippen LogP contribution in [-0.2, 0) is 11.2 Å². The van der Waals surface area contributed by atoms with Crippen LogP contribution in [0.1, 0.15) is 12.5 Å². The van der Waals surface area contributed by atoms with E-state index in [0.717, 1.165) is 5.56 Å². The number of nitrogens with zero attached hydrogens (tertiary/aromatic N) is 2. The molecule has 1 aromatic carbocycles. The van der Waals surface area contributed by atoms with Gasteiger partial charge in [0, 0.05) is 13.5 Å². The molecule has 0 spiro atoms. The molecule has 0 bridgehead atoms. The van der Waals surface area contributed by atoms with Crippen LogP contribution < -0.4 is 0 Å². The van der Waals surface area contributed by atoms with Gasteiger partial charge in [0.15, 0.2) is 5.60 Å². The molecule has 0 aromatic heterocycles. The maximum atomic E-state index is 11.6. The summed E-state index contributed by atoms with van der Waals surface area (Å²) in [4.78, 5) is 11.6. The lowest BCUT2D eigenvalue weighted by Crippen LogP contribution is -2.43. The maximum Gasteiger partial charge on any atom is 0.280 e. The highest BCUT2D eigenvalue weighted by Gasteiger charge is 2.43. The second-order valence-corrected chi connectivity index (χ2v) is 4.11. The van der Waals surface area contributed by atoms with Crippen LogP contribution >= 0.6 is 0 Å². The molecule has 1 heterocycles. The Labute approximate surface area is 94.2 Å². The Morgan fingerprint density at radius 1 is 1.38 bits per heavy atom. The van der Waals surface area contributed by atoms with Crippen molar-refractivity contribution in [3.8, 4) is 0 Å². The average molecular weight is 218 g/mol. The number of carbonyl (C=O) groups excluding carboxylic acids is 1. The minimum absolute atomic E-state index is 0.376. The maximum absolute atomic E-state index is 11.6. The van der Waals surface area contributed by atoms with Crippen molar-refractivity contribution >= 4 is 11.6 Å². The minimum Gasteiger partial charge on any atom is -0.374 e. The van der Waals surface area contributed by atoms with Crippen LogP contribution in [0, 0.1) is 0 Å². The topological polar surface area (TPSA) is 52.9 Å². The van der Waals surface area contributed by atoms with Crippen LogP contribution in [0.2, 0.25) is 0 Å². The first-order chi connectivity index (χ1) is 7.51. The van der Waals surface area contributed by atoms with E-state index in [1.807, 2.05) is 30.3 Å². The van der Waals surface area contributed by atoms with Crippen LogP contribution in [0.25, 0.3) is 0 Å². The van der Waals surface area contributed by atoms with E-state index in [1.54, 1.807) is 7.05 Å². The molecule has 0 fully saturated rings. The SMILES string of the molecule is CN1N=C(Cc2ccccc2)C(C)(O)C1=O. The number of hydrogen-bond donors (Lipinski definition) is 1. The Kier molecular flexibility index (Phi) is 2.52. The minimum atomic E-state index is -1.47. The fourth-order valence-corrected chi connectivity index (χ4v) is 1.76. The fraction of sp³-hybridized carbons (Fsp3) is 0.333. The van der Waals surface area contributed by atoms with Crippen LogP contribution in [-0.4, -0.2) is 34.4 Å². The summed E-state index contributed by atoms with van der Waals surface area (Å²) in [5, 5.41) is 15.3. The predicted molar refractivity (Wildman–Crippen MR) is 61.0 cm³/mol. The molecule has 4 heteroatoms. The van der Waals surface area contributed by atoms with E-state index in [2.05, 4.69) is 5.10 Å². The second kappa shape index (κ2) is 3.72. The average Bonchev–Trinajstić information content (AvgIpc) is 2.45. The molecule has 0 saturated heterocycles. The molecule has 1 N–H and O–H groups in total. The Bertz CT molecular complexity index is 438. The van der Waals surface area contributed by atoms with Gasteiger partial charge in [0.1, 0.15) is 0 Å². The first-order valence-corrected chi connectivity index (χ1v) is 5.14. The first kappa shape index (κ1) is 10.8. The van der Waals surface area contributed by atoms with Gasteiger partial charge in [-0.1, -0.05) is 30.3 Å². The molecule has 1 atom stereocenters. The summed E-state index contributed by atoms with van der Waals surface area (Å²) in [5.74, 6) is -0.376. The van der Waals surface area contributed by atoms with Crippen LogP contribution in [0.4, 0.5) is 0 Å². The normalized spacial score (nSPS) is 24.8. The third kappa shape index (κ3) is 1.72. The van der Waals surface area contributed by atoms with E-state index in [4.69, 9.17) is 0 Å². The molecule has 1 aromatic rings. The third-order valence-corrected chi connectivity index (χ3v) is 2.76. The van der Waals surface area contributed by atoms with Crippen molar-refractivity contribution in [1.82, 2.24) is 5.01 Å². The Morgan fingerprint density at radius 3 is 2.50 bits per heavy atom. The molecule has 0 radical (unpaired) electrons. The number of likely N-dealkylation sites (N-methyl/N-ethyl adjacent to an activating group) is 1. The van der Waals surface area contributed by atoms with E-state index in [9.17, 15) is 9.90 Å². The quantitative estimate of drug-likeness (QED) is 0.798. The number of hydrazone groups is 1. The van der Waals surface area contributed by atoms with Crippen molar-refractivity contribution in [2.75, 3.05) is 7.05 Å². The molecule has 84 valence electrons. The van der Waals surface area contributed by atoms with Gasteiger partial charge in [-0.2, -0.15) is 5.10 Å². The number of benzene rings is 1. The van der Waals surface area contributed by atoms with E-state index in [0.29, 0.717) is 12.1 Å². The highest BCUT2D eigenvalue weighted by atomic mass is 16.3. The molecule has 1 aliphatic heterocycles. The number of hydrogen-bond acceptors (Lipinski definition) is 3. The van der Waals surface area contributed by atoms with Crippen LogP contribution in [0.3, 0.4) is 0 Å². The number of carbonyl (C=O) groups is 1. The van der Waals surface area contributed by atoms with Gasteiger partial charge in [0.05, 0.1) is 5.71 Å². The number of aliphatic hydroxyl groups is 1. The lowest BCUT2D eigenvalue weighted by Gasteiger charge is -2.16. The molecular formula is C12H14N2O2. The zero-order valence-corrected chi connectivity index (χ0v) is 9.34. The van der Waals surface area contributed by atoms with Gasteiger partial charge in [-0.05, 0) is 12.5 Å². The zero-order chi connectivity index (χ0) is 11.8. The summed E-state index contributed by atoms with van der Waals surface area (Å²) < 4.78 is 0. The van der Waals surface area contributed by atoms with Gasteiger partial charge in [0.2, 0.25) is 0 Å². The molecule has 0 aliphatic carbocycles. The summed E-state index contributed by atoms with van der Waals surface area (Å²) in [7, 11) is 1.55. The molecule has 16 heavy (non-hydrogen) atoms.